The monoisotopic (exact) mass is 368 g/mol. The lowest BCUT2D eigenvalue weighted by atomic mass is 10.2. The molecule has 0 aliphatic carbocycles. The Labute approximate surface area is 106 Å². The lowest BCUT2D eigenvalue weighted by Gasteiger charge is -2.16. The Bertz CT molecular complexity index is 227. The molecule has 0 amide bonds. The van der Waals surface area contributed by atoms with E-state index in [0.29, 0.717) is 0 Å². The van der Waals surface area contributed by atoms with E-state index in [2.05, 4.69) is 38.4 Å². The topological polar surface area (TPSA) is 46.5 Å². The third-order valence-electron chi connectivity index (χ3n) is 1.37. The van der Waals surface area contributed by atoms with E-state index >= 15 is 0 Å². The SMILES string of the molecule is C=CCC(Br)C(Br)COP(=O)(O)CCl. The summed E-state index contributed by atoms with van der Waals surface area (Å²) >= 11 is 12.0. The fourth-order valence-electron chi connectivity index (χ4n) is 0.633. The maximum atomic E-state index is 11.0. The second-order valence-electron chi connectivity index (χ2n) is 2.61. The predicted octanol–water partition coefficient (Wildman–Crippen LogP) is 3.49. The van der Waals surface area contributed by atoms with Crippen LogP contribution in [0.5, 0.6) is 0 Å². The van der Waals surface area contributed by atoms with Crippen molar-refractivity contribution in [1.29, 1.82) is 0 Å². The molecule has 0 aliphatic rings. The van der Waals surface area contributed by atoms with Crippen LogP contribution in [0.1, 0.15) is 6.42 Å². The molecule has 3 unspecified atom stereocenters. The Morgan fingerprint density at radius 1 is 1.57 bits per heavy atom. The summed E-state index contributed by atoms with van der Waals surface area (Å²) in [5.74, 6) is 0. The second-order valence-corrected chi connectivity index (χ2v) is 7.45. The minimum Gasteiger partial charge on any atom is -0.323 e. The van der Waals surface area contributed by atoms with E-state index in [4.69, 9.17) is 21.0 Å². The van der Waals surface area contributed by atoms with Gasteiger partial charge in [-0.1, -0.05) is 37.9 Å². The van der Waals surface area contributed by atoms with Crippen LogP contribution in [0.15, 0.2) is 12.7 Å². The Balaban J connectivity index is 3.89. The van der Waals surface area contributed by atoms with Crippen LogP contribution in [-0.4, -0.2) is 26.8 Å². The number of rotatable bonds is 7. The summed E-state index contributed by atoms with van der Waals surface area (Å²) in [6.45, 7) is 3.72. The van der Waals surface area contributed by atoms with Gasteiger partial charge in [0.15, 0.2) is 0 Å². The molecule has 3 atom stereocenters. The average molecular weight is 370 g/mol. The standard InChI is InChI=1S/C7H12Br2ClO3P/c1-2-3-6(8)7(9)4-13-14(11,12)5-10/h2,6-7H,1,3-5H2,(H,11,12). The van der Waals surface area contributed by atoms with Crippen molar-refractivity contribution in [2.75, 3.05) is 12.2 Å². The highest BCUT2D eigenvalue weighted by molar-refractivity contribution is 9.12. The van der Waals surface area contributed by atoms with Gasteiger partial charge in [-0.2, -0.15) is 0 Å². The summed E-state index contributed by atoms with van der Waals surface area (Å²) < 4.78 is 15.8. The first-order valence-electron chi connectivity index (χ1n) is 3.84. The van der Waals surface area contributed by atoms with E-state index in [1.54, 1.807) is 6.08 Å². The van der Waals surface area contributed by atoms with E-state index in [1.165, 1.54) is 0 Å². The first-order chi connectivity index (χ1) is 6.43. The summed E-state index contributed by atoms with van der Waals surface area (Å²) in [5, 5.41) is 0. The molecule has 0 heterocycles. The first kappa shape index (κ1) is 15.1. The van der Waals surface area contributed by atoms with E-state index in [9.17, 15) is 4.57 Å². The fourth-order valence-corrected chi connectivity index (χ4v) is 2.27. The summed E-state index contributed by atoms with van der Waals surface area (Å²) in [5.41, 5.74) is -0.388. The van der Waals surface area contributed by atoms with Crippen molar-refractivity contribution in [2.45, 2.75) is 16.1 Å². The van der Waals surface area contributed by atoms with Crippen molar-refractivity contribution in [3.05, 3.63) is 12.7 Å². The smallest absolute Gasteiger partial charge is 0.323 e. The van der Waals surface area contributed by atoms with E-state index in [0.717, 1.165) is 6.42 Å². The zero-order valence-corrected chi connectivity index (χ0v) is 12.2. The Morgan fingerprint density at radius 3 is 2.57 bits per heavy atom. The molecule has 0 aromatic heterocycles. The van der Waals surface area contributed by atoms with Crippen molar-refractivity contribution >= 4 is 51.1 Å². The lowest BCUT2D eigenvalue weighted by Crippen LogP contribution is -2.19. The minimum absolute atomic E-state index is 0.0517. The Hall–Kier alpha value is 1.14. The van der Waals surface area contributed by atoms with Crippen LogP contribution in [0.25, 0.3) is 0 Å². The lowest BCUT2D eigenvalue weighted by molar-refractivity contribution is 0.264. The fraction of sp³-hybridized carbons (Fsp3) is 0.714. The molecule has 14 heavy (non-hydrogen) atoms. The van der Waals surface area contributed by atoms with Crippen LogP contribution in [0.2, 0.25) is 0 Å². The first-order valence-corrected chi connectivity index (χ1v) is 7.97. The van der Waals surface area contributed by atoms with Crippen LogP contribution in [0, 0.1) is 0 Å². The van der Waals surface area contributed by atoms with Gasteiger partial charge in [0.2, 0.25) is 0 Å². The van der Waals surface area contributed by atoms with Gasteiger partial charge in [-0.25, -0.2) is 0 Å². The number of halogens is 3. The molecular weight excluding hydrogens is 358 g/mol. The highest BCUT2D eigenvalue weighted by Gasteiger charge is 2.22. The molecule has 7 heteroatoms. The third kappa shape index (κ3) is 6.59. The maximum Gasteiger partial charge on any atom is 0.342 e. The van der Waals surface area contributed by atoms with Crippen LogP contribution in [0.3, 0.4) is 0 Å². The van der Waals surface area contributed by atoms with Gasteiger partial charge < -0.3 is 9.42 Å². The third-order valence-corrected chi connectivity index (χ3v) is 5.76. The molecule has 0 bridgehead atoms. The van der Waals surface area contributed by atoms with Crippen molar-refractivity contribution in [2.24, 2.45) is 0 Å². The zero-order chi connectivity index (χ0) is 11.2. The molecule has 3 nitrogen and oxygen atoms in total. The van der Waals surface area contributed by atoms with Gasteiger partial charge in [0.1, 0.15) is 5.62 Å². The average Bonchev–Trinajstić information content (AvgIpc) is 2.15. The van der Waals surface area contributed by atoms with Crippen LogP contribution >= 0.6 is 51.1 Å². The van der Waals surface area contributed by atoms with Gasteiger partial charge in [-0.15, -0.1) is 18.2 Å². The van der Waals surface area contributed by atoms with Crippen molar-refractivity contribution in [3.8, 4) is 0 Å². The van der Waals surface area contributed by atoms with E-state index in [1.807, 2.05) is 0 Å². The van der Waals surface area contributed by atoms with Crippen molar-refractivity contribution in [1.82, 2.24) is 0 Å². The molecule has 0 fully saturated rings. The normalized spacial score (nSPS) is 19.7. The number of allylic oxidation sites excluding steroid dienone is 1. The van der Waals surface area contributed by atoms with Gasteiger partial charge in [0.05, 0.1) is 11.4 Å². The summed E-state index contributed by atoms with van der Waals surface area (Å²) in [6.07, 6.45) is 2.50. The molecule has 0 saturated carbocycles. The highest BCUT2D eigenvalue weighted by atomic mass is 79.9. The number of hydrogen-bond donors (Lipinski definition) is 1. The van der Waals surface area contributed by atoms with Crippen molar-refractivity contribution in [3.63, 3.8) is 0 Å². The molecule has 0 rings (SSSR count). The highest BCUT2D eigenvalue weighted by Crippen LogP contribution is 2.43. The van der Waals surface area contributed by atoms with E-state index in [-0.39, 0.29) is 21.9 Å². The van der Waals surface area contributed by atoms with Gasteiger partial charge in [-0.3, -0.25) is 4.57 Å². The maximum absolute atomic E-state index is 11.0. The number of alkyl halides is 3. The van der Waals surface area contributed by atoms with Gasteiger partial charge >= 0.3 is 7.60 Å². The molecule has 0 saturated heterocycles. The molecule has 0 aromatic rings. The molecular formula is C7H12Br2ClO3P. The summed E-state index contributed by atoms with van der Waals surface area (Å²) in [4.78, 5) is 9.10. The van der Waals surface area contributed by atoms with E-state index < -0.39 is 7.60 Å². The van der Waals surface area contributed by atoms with Gasteiger partial charge in [0.25, 0.3) is 0 Å². The van der Waals surface area contributed by atoms with Crippen molar-refractivity contribution < 1.29 is 14.0 Å². The molecule has 1 N–H and O–H groups in total. The zero-order valence-electron chi connectivity index (χ0n) is 7.41. The van der Waals surface area contributed by atoms with Crippen LogP contribution < -0.4 is 0 Å². The molecule has 0 aromatic carbocycles. The summed E-state index contributed by atoms with van der Waals surface area (Å²) in [7, 11) is -3.60. The Kier molecular flexibility index (Phi) is 8.02. The quantitative estimate of drug-likeness (QED) is 0.424. The van der Waals surface area contributed by atoms with Gasteiger partial charge in [-0.05, 0) is 6.42 Å². The predicted molar refractivity (Wildman–Crippen MR) is 66.7 cm³/mol. The molecule has 0 spiro atoms. The van der Waals surface area contributed by atoms with Gasteiger partial charge in [0, 0.05) is 4.83 Å². The Morgan fingerprint density at radius 2 is 2.14 bits per heavy atom. The number of hydrogen-bond acceptors (Lipinski definition) is 2. The second kappa shape index (κ2) is 7.42. The minimum atomic E-state index is -3.60. The van der Waals surface area contributed by atoms with Crippen LogP contribution in [-0.2, 0) is 9.09 Å². The largest absolute Gasteiger partial charge is 0.342 e. The summed E-state index contributed by atoms with van der Waals surface area (Å²) in [6, 6.07) is 0. The molecule has 0 aliphatic heterocycles. The molecule has 0 radical (unpaired) electrons. The van der Waals surface area contributed by atoms with Crippen LogP contribution in [0.4, 0.5) is 0 Å². The molecule has 84 valence electrons.